The summed E-state index contributed by atoms with van der Waals surface area (Å²) in [6.07, 6.45) is 3.50. The molecular formula is C5H5ClKN. The summed E-state index contributed by atoms with van der Waals surface area (Å²) < 4.78 is 0. The Hall–Kier alpha value is 1.08. The standard InChI is InChI=1S/C5H5N.ClH.K/c1-2-4-6-5-3-1;;/h1-5H;1H;/q;;+1/p-1. The van der Waals surface area contributed by atoms with Gasteiger partial charge in [0.05, 0.1) is 0 Å². The van der Waals surface area contributed by atoms with Gasteiger partial charge in [-0.15, -0.1) is 0 Å². The molecule has 1 nitrogen and oxygen atoms in total. The van der Waals surface area contributed by atoms with E-state index in [2.05, 4.69) is 4.98 Å². The molecule has 1 rings (SSSR count). The average molecular weight is 154 g/mol. The Morgan fingerprint density at radius 3 is 1.50 bits per heavy atom. The SMILES string of the molecule is [Cl-].[K+].c1ccncc1. The maximum atomic E-state index is 3.78. The van der Waals surface area contributed by atoms with E-state index in [1.54, 1.807) is 12.4 Å². The third-order valence-corrected chi connectivity index (χ3v) is 0.566. The molecule has 0 N–H and O–H groups in total. The van der Waals surface area contributed by atoms with Gasteiger partial charge in [0.15, 0.2) is 0 Å². The molecule has 0 unspecified atom stereocenters. The van der Waals surface area contributed by atoms with Gasteiger partial charge >= 0.3 is 51.4 Å². The van der Waals surface area contributed by atoms with Crippen LogP contribution in [0.15, 0.2) is 30.6 Å². The van der Waals surface area contributed by atoms with Crippen molar-refractivity contribution in [1.82, 2.24) is 4.98 Å². The van der Waals surface area contributed by atoms with E-state index in [4.69, 9.17) is 0 Å². The normalized spacial score (nSPS) is 6.00. The Labute approximate surface area is 97.7 Å². The third-order valence-electron chi connectivity index (χ3n) is 0.566. The van der Waals surface area contributed by atoms with Gasteiger partial charge in [-0.05, 0) is 12.1 Å². The minimum Gasteiger partial charge on any atom is -1.00 e. The molecule has 0 aliphatic heterocycles. The third kappa shape index (κ3) is 5.22. The van der Waals surface area contributed by atoms with Crippen LogP contribution in [-0.4, -0.2) is 4.98 Å². The first kappa shape index (κ1) is 11.8. The van der Waals surface area contributed by atoms with E-state index in [1.807, 2.05) is 18.2 Å². The maximum absolute atomic E-state index is 3.78. The molecular weight excluding hydrogens is 149 g/mol. The van der Waals surface area contributed by atoms with Crippen LogP contribution in [0.25, 0.3) is 0 Å². The first-order valence-corrected chi connectivity index (χ1v) is 1.85. The van der Waals surface area contributed by atoms with Gasteiger partial charge in [-0.2, -0.15) is 0 Å². The van der Waals surface area contributed by atoms with Crippen LogP contribution < -0.4 is 63.8 Å². The molecule has 0 atom stereocenters. The zero-order chi connectivity index (χ0) is 4.24. The smallest absolute Gasteiger partial charge is 1.00 e. The molecule has 0 amide bonds. The molecule has 0 radical (unpaired) electrons. The van der Waals surface area contributed by atoms with E-state index in [0.29, 0.717) is 0 Å². The molecule has 1 heterocycles. The summed E-state index contributed by atoms with van der Waals surface area (Å²) in [6, 6.07) is 5.72. The van der Waals surface area contributed by atoms with E-state index < -0.39 is 0 Å². The number of halogens is 1. The van der Waals surface area contributed by atoms with Crippen molar-refractivity contribution < 1.29 is 63.8 Å². The van der Waals surface area contributed by atoms with Crippen LogP contribution in [0, 0.1) is 0 Å². The molecule has 0 bridgehead atoms. The van der Waals surface area contributed by atoms with Crippen molar-refractivity contribution in [3.8, 4) is 0 Å². The zero-order valence-electron chi connectivity index (χ0n) is 4.71. The van der Waals surface area contributed by atoms with Crippen molar-refractivity contribution in [2.24, 2.45) is 0 Å². The average Bonchev–Trinajstić information content (AvgIpc) is 1.72. The molecule has 0 spiro atoms. The Morgan fingerprint density at radius 1 is 0.875 bits per heavy atom. The van der Waals surface area contributed by atoms with Crippen molar-refractivity contribution in [3.05, 3.63) is 30.6 Å². The van der Waals surface area contributed by atoms with Gasteiger partial charge in [0.1, 0.15) is 0 Å². The van der Waals surface area contributed by atoms with Crippen LogP contribution in [0.5, 0.6) is 0 Å². The van der Waals surface area contributed by atoms with Gasteiger partial charge < -0.3 is 12.4 Å². The van der Waals surface area contributed by atoms with E-state index in [-0.39, 0.29) is 63.8 Å². The molecule has 0 saturated carbocycles. The molecule has 3 heteroatoms. The van der Waals surface area contributed by atoms with Crippen LogP contribution in [0.4, 0.5) is 0 Å². The number of hydrogen-bond acceptors (Lipinski definition) is 1. The largest absolute Gasteiger partial charge is 1.00 e. The van der Waals surface area contributed by atoms with Gasteiger partial charge in [-0.1, -0.05) is 6.07 Å². The summed E-state index contributed by atoms with van der Waals surface area (Å²) >= 11 is 0. The summed E-state index contributed by atoms with van der Waals surface area (Å²) in [5.41, 5.74) is 0. The van der Waals surface area contributed by atoms with Crippen molar-refractivity contribution in [1.29, 1.82) is 0 Å². The van der Waals surface area contributed by atoms with Gasteiger partial charge in [-0.25, -0.2) is 0 Å². The fourth-order valence-electron chi connectivity index (χ4n) is 0.313. The molecule has 0 saturated heterocycles. The first-order valence-electron chi connectivity index (χ1n) is 1.85. The molecule has 1 aromatic rings. The second kappa shape index (κ2) is 8.08. The Kier molecular flexibility index (Phi) is 11.9. The van der Waals surface area contributed by atoms with E-state index in [1.165, 1.54) is 0 Å². The number of nitrogens with zero attached hydrogens (tertiary/aromatic N) is 1. The topological polar surface area (TPSA) is 12.9 Å². The number of pyridine rings is 1. The van der Waals surface area contributed by atoms with Crippen molar-refractivity contribution in [2.75, 3.05) is 0 Å². The Balaban J connectivity index is 0. The van der Waals surface area contributed by atoms with E-state index in [0.717, 1.165) is 0 Å². The van der Waals surface area contributed by atoms with Crippen molar-refractivity contribution >= 4 is 0 Å². The Bertz CT molecular complexity index is 84.4. The van der Waals surface area contributed by atoms with Gasteiger partial charge in [0.25, 0.3) is 0 Å². The predicted octanol–water partition coefficient (Wildman–Crippen LogP) is -4.91. The molecule has 0 aromatic carbocycles. The van der Waals surface area contributed by atoms with E-state index >= 15 is 0 Å². The van der Waals surface area contributed by atoms with Crippen molar-refractivity contribution in [2.45, 2.75) is 0 Å². The maximum Gasteiger partial charge on any atom is 1.00 e. The monoisotopic (exact) mass is 153 g/mol. The molecule has 8 heavy (non-hydrogen) atoms. The van der Waals surface area contributed by atoms with Crippen LogP contribution in [0.2, 0.25) is 0 Å². The molecule has 1 aromatic heterocycles. The van der Waals surface area contributed by atoms with Gasteiger partial charge in [-0.3, -0.25) is 4.98 Å². The quantitative estimate of drug-likeness (QED) is 0.341. The number of hydrogen-bond donors (Lipinski definition) is 0. The molecule has 0 aliphatic carbocycles. The molecule has 0 aliphatic rings. The zero-order valence-corrected chi connectivity index (χ0v) is 8.59. The van der Waals surface area contributed by atoms with Crippen LogP contribution in [-0.2, 0) is 0 Å². The van der Waals surface area contributed by atoms with Crippen LogP contribution >= 0.6 is 0 Å². The summed E-state index contributed by atoms with van der Waals surface area (Å²) in [6.45, 7) is 0. The summed E-state index contributed by atoms with van der Waals surface area (Å²) in [7, 11) is 0. The van der Waals surface area contributed by atoms with E-state index in [9.17, 15) is 0 Å². The fraction of sp³-hybridized carbons (Fsp3) is 0. The summed E-state index contributed by atoms with van der Waals surface area (Å²) in [5, 5.41) is 0. The second-order valence-electron chi connectivity index (χ2n) is 1.02. The fourth-order valence-corrected chi connectivity index (χ4v) is 0.313. The van der Waals surface area contributed by atoms with Gasteiger partial charge in [0.2, 0.25) is 0 Å². The van der Waals surface area contributed by atoms with Crippen LogP contribution in [0.1, 0.15) is 0 Å². The predicted molar refractivity (Wildman–Crippen MR) is 24.2 cm³/mol. The number of rotatable bonds is 0. The Morgan fingerprint density at radius 2 is 1.38 bits per heavy atom. The minimum absolute atomic E-state index is 0. The van der Waals surface area contributed by atoms with Crippen LogP contribution in [0.3, 0.4) is 0 Å². The molecule has 38 valence electrons. The van der Waals surface area contributed by atoms with Crippen molar-refractivity contribution in [3.63, 3.8) is 0 Å². The minimum atomic E-state index is 0. The number of aromatic nitrogens is 1. The summed E-state index contributed by atoms with van der Waals surface area (Å²) in [5.74, 6) is 0. The summed E-state index contributed by atoms with van der Waals surface area (Å²) in [4.78, 5) is 3.78. The molecule has 0 fully saturated rings. The second-order valence-corrected chi connectivity index (χ2v) is 1.02. The first-order chi connectivity index (χ1) is 3.00. The van der Waals surface area contributed by atoms with Gasteiger partial charge in [0, 0.05) is 12.4 Å².